The van der Waals surface area contributed by atoms with Gasteiger partial charge in [0.15, 0.2) is 0 Å². The van der Waals surface area contributed by atoms with Gasteiger partial charge in [-0.25, -0.2) is 4.79 Å². The van der Waals surface area contributed by atoms with Crippen LogP contribution in [0.25, 0.3) is 0 Å². The van der Waals surface area contributed by atoms with E-state index in [1.807, 2.05) is 13.0 Å². The number of amides is 5. The van der Waals surface area contributed by atoms with Crippen LogP contribution in [-0.4, -0.2) is 41.7 Å². The van der Waals surface area contributed by atoms with Crippen molar-refractivity contribution in [3.63, 3.8) is 0 Å². The minimum absolute atomic E-state index is 0.257. The summed E-state index contributed by atoms with van der Waals surface area (Å²) in [5, 5.41) is 7.97. The third kappa shape index (κ3) is 4.35. The van der Waals surface area contributed by atoms with Crippen LogP contribution >= 0.6 is 15.9 Å². The highest BCUT2D eigenvalue weighted by Crippen LogP contribution is 2.30. The fraction of sp³-hybridized carbons (Fsp3) is 0.238. The van der Waals surface area contributed by atoms with Crippen molar-refractivity contribution in [3.05, 3.63) is 64.1 Å². The minimum Gasteiger partial charge on any atom is -0.352 e. The Morgan fingerprint density at radius 2 is 1.87 bits per heavy atom. The Balaban J connectivity index is 1.71. The molecule has 1 fully saturated rings. The number of hydrogen-bond acceptors (Lipinski definition) is 4. The Morgan fingerprint density at radius 3 is 2.57 bits per heavy atom. The maximum Gasteiger partial charge on any atom is 0.325 e. The first kappa shape index (κ1) is 21.5. The van der Waals surface area contributed by atoms with E-state index in [1.54, 1.807) is 43.3 Å². The first-order chi connectivity index (χ1) is 14.2. The molecule has 2 aromatic rings. The third-order valence-corrected chi connectivity index (χ3v) is 5.22. The number of carbonyl (C=O) groups is 4. The van der Waals surface area contributed by atoms with Crippen molar-refractivity contribution in [2.75, 3.05) is 18.4 Å². The lowest BCUT2D eigenvalue weighted by molar-refractivity contribution is -0.133. The molecule has 0 spiro atoms. The van der Waals surface area contributed by atoms with Crippen molar-refractivity contribution in [2.45, 2.75) is 19.4 Å². The standard InChI is InChI=1S/C21H21BrN4O4/c1-3-23-18(28)13-6-4-9-16(10-13)24-17(27)12-26-19(29)21(2,25-20(26)30)14-7-5-8-15(22)11-14/h4-11H,3,12H2,1-2H3,(H,23,28)(H,24,27)(H,25,30)/t21-/m0/s1. The number of urea groups is 1. The van der Waals surface area contributed by atoms with E-state index in [-0.39, 0.29) is 5.91 Å². The molecule has 1 heterocycles. The second kappa shape index (κ2) is 8.66. The van der Waals surface area contributed by atoms with Gasteiger partial charge in [-0.2, -0.15) is 0 Å². The van der Waals surface area contributed by atoms with Gasteiger partial charge in [0.2, 0.25) is 5.91 Å². The lowest BCUT2D eigenvalue weighted by Gasteiger charge is -2.22. The summed E-state index contributed by atoms with van der Waals surface area (Å²) in [6, 6.07) is 12.8. The Kier molecular flexibility index (Phi) is 6.21. The quantitative estimate of drug-likeness (QED) is 0.561. The SMILES string of the molecule is CCNC(=O)c1cccc(NC(=O)CN2C(=O)N[C@@](C)(c3cccc(Br)c3)C2=O)c1. The second-order valence-corrected chi connectivity index (χ2v) is 7.86. The number of anilines is 1. The highest BCUT2D eigenvalue weighted by molar-refractivity contribution is 9.10. The molecule has 1 atom stereocenters. The molecule has 1 aliphatic rings. The molecule has 0 unspecified atom stereocenters. The minimum atomic E-state index is -1.26. The van der Waals surface area contributed by atoms with Crippen molar-refractivity contribution < 1.29 is 19.2 Å². The van der Waals surface area contributed by atoms with E-state index in [0.29, 0.717) is 23.4 Å². The molecular weight excluding hydrogens is 452 g/mol. The largest absolute Gasteiger partial charge is 0.352 e. The zero-order valence-corrected chi connectivity index (χ0v) is 18.1. The van der Waals surface area contributed by atoms with Gasteiger partial charge in [-0.15, -0.1) is 0 Å². The normalized spacial score (nSPS) is 18.2. The number of imide groups is 1. The molecule has 5 amide bonds. The molecule has 3 rings (SSSR count). The molecule has 0 bridgehead atoms. The lowest BCUT2D eigenvalue weighted by atomic mass is 9.92. The number of nitrogens with one attached hydrogen (secondary N) is 3. The van der Waals surface area contributed by atoms with Crippen LogP contribution in [0.4, 0.5) is 10.5 Å². The predicted octanol–water partition coefficient (Wildman–Crippen LogP) is 2.60. The van der Waals surface area contributed by atoms with Crippen molar-refractivity contribution in [3.8, 4) is 0 Å². The molecule has 9 heteroatoms. The molecule has 0 aromatic heterocycles. The maximum atomic E-state index is 12.9. The van der Waals surface area contributed by atoms with Crippen LogP contribution in [0.5, 0.6) is 0 Å². The smallest absolute Gasteiger partial charge is 0.325 e. The van der Waals surface area contributed by atoms with Crippen LogP contribution in [0, 0.1) is 0 Å². The molecule has 156 valence electrons. The van der Waals surface area contributed by atoms with E-state index in [0.717, 1.165) is 9.37 Å². The summed E-state index contributed by atoms with van der Waals surface area (Å²) in [7, 11) is 0. The van der Waals surface area contributed by atoms with Gasteiger partial charge in [-0.05, 0) is 49.7 Å². The lowest BCUT2D eigenvalue weighted by Crippen LogP contribution is -2.42. The average molecular weight is 473 g/mol. The number of benzene rings is 2. The van der Waals surface area contributed by atoms with Crippen LogP contribution in [0.3, 0.4) is 0 Å². The predicted molar refractivity (Wildman–Crippen MR) is 115 cm³/mol. The number of hydrogen-bond donors (Lipinski definition) is 3. The first-order valence-electron chi connectivity index (χ1n) is 9.33. The van der Waals surface area contributed by atoms with Crippen molar-refractivity contribution in [2.24, 2.45) is 0 Å². The summed E-state index contributed by atoms with van der Waals surface area (Å²) in [4.78, 5) is 50.7. The van der Waals surface area contributed by atoms with Gasteiger partial charge in [-0.3, -0.25) is 19.3 Å². The molecule has 0 aliphatic carbocycles. The van der Waals surface area contributed by atoms with Gasteiger partial charge >= 0.3 is 6.03 Å². The molecular formula is C21H21BrN4O4. The third-order valence-electron chi connectivity index (χ3n) is 4.72. The van der Waals surface area contributed by atoms with Crippen LogP contribution in [0.1, 0.15) is 29.8 Å². The summed E-state index contributed by atoms with van der Waals surface area (Å²) in [5.74, 6) is -1.32. The van der Waals surface area contributed by atoms with Crippen molar-refractivity contribution >= 4 is 45.4 Å². The average Bonchev–Trinajstić information content (AvgIpc) is 2.92. The molecule has 30 heavy (non-hydrogen) atoms. The molecule has 0 radical (unpaired) electrons. The van der Waals surface area contributed by atoms with E-state index in [1.165, 1.54) is 6.07 Å². The van der Waals surface area contributed by atoms with Gasteiger partial charge in [0.05, 0.1) is 0 Å². The number of rotatable bonds is 6. The van der Waals surface area contributed by atoms with Crippen LogP contribution in [-0.2, 0) is 15.1 Å². The van der Waals surface area contributed by atoms with Gasteiger partial charge in [0.1, 0.15) is 12.1 Å². The van der Waals surface area contributed by atoms with Gasteiger partial charge in [-0.1, -0.05) is 34.1 Å². The van der Waals surface area contributed by atoms with Gasteiger partial charge in [0, 0.05) is 22.3 Å². The Hall–Kier alpha value is -3.20. The van der Waals surface area contributed by atoms with Crippen molar-refractivity contribution in [1.82, 2.24) is 15.5 Å². The Bertz CT molecular complexity index is 1030. The van der Waals surface area contributed by atoms with Gasteiger partial charge < -0.3 is 16.0 Å². The highest BCUT2D eigenvalue weighted by atomic mass is 79.9. The number of carbonyl (C=O) groups excluding carboxylic acids is 4. The van der Waals surface area contributed by atoms with Crippen molar-refractivity contribution in [1.29, 1.82) is 0 Å². The maximum absolute atomic E-state index is 12.9. The van der Waals surface area contributed by atoms with Crippen LogP contribution < -0.4 is 16.0 Å². The van der Waals surface area contributed by atoms with E-state index in [9.17, 15) is 19.2 Å². The monoisotopic (exact) mass is 472 g/mol. The molecule has 3 N–H and O–H groups in total. The van der Waals surface area contributed by atoms with E-state index >= 15 is 0 Å². The summed E-state index contributed by atoms with van der Waals surface area (Å²) in [6.07, 6.45) is 0. The zero-order valence-electron chi connectivity index (χ0n) is 16.5. The molecule has 2 aromatic carbocycles. The fourth-order valence-corrected chi connectivity index (χ4v) is 3.58. The summed E-state index contributed by atoms with van der Waals surface area (Å²) in [5.41, 5.74) is 0.129. The summed E-state index contributed by atoms with van der Waals surface area (Å²) < 4.78 is 0.770. The second-order valence-electron chi connectivity index (χ2n) is 6.95. The Morgan fingerprint density at radius 1 is 1.13 bits per heavy atom. The van der Waals surface area contributed by atoms with E-state index < -0.39 is 29.9 Å². The highest BCUT2D eigenvalue weighted by Gasteiger charge is 2.49. The van der Waals surface area contributed by atoms with E-state index in [2.05, 4.69) is 31.9 Å². The Labute approximate surface area is 182 Å². The van der Waals surface area contributed by atoms with Crippen LogP contribution in [0.15, 0.2) is 53.0 Å². The van der Waals surface area contributed by atoms with Gasteiger partial charge in [0.25, 0.3) is 11.8 Å². The molecule has 8 nitrogen and oxygen atoms in total. The zero-order chi connectivity index (χ0) is 21.9. The number of nitrogens with zero attached hydrogens (tertiary/aromatic N) is 1. The van der Waals surface area contributed by atoms with E-state index in [4.69, 9.17) is 0 Å². The number of halogens is 1. The first-order valence-corrected chi connectivity index (χ1v) is 10.1. The molecule has 1 saturated heterocycles. The van der Waals surface area contributed by atoms with Crippen LogP contribution in [0.2, 0.25) is 0 Å². The molecule has 0 saturated carbocycles. The summed E-state index contributed by atoms with van der Waals surface area (Å²) >= 11 is 3.36. The summed E-state index contributed by atoms with van der Waals surface area (Å²) in [6.45, 7) is 3.45. The fourth-order valence-electron chi connectivity index (χ4n) is 3.18. The topological polar surface area (TPSA) is 108 Å². The molecule has 1 aliphatic heterocycles.